The zero-order valence-corrected chi connectivity index (χ0v) is 15.0. The van der Waals surface area contributed by atoms with Gasteiger partial charge in [0.05, 0.1) is 30.4 Å². The number of fused-ring (bicyclic) bond motifs is 1. The van der Waals surface area contributed by atoms with Gasteiger partial charge in [-0.1, -0.05) is 6.07 Å². The third-order valence-electron chi connectivity index (χ3n) is 4.25. The Balaban J connectivity index is 0.000000339. The lowest BCUT2D eigenvalue weighted by Gasteiger charge is -2.19. The van der Waals surface area contributed by atoms with E-state index in [1.165, 1.54) is 33.0 Å². The first-order chi connectivity index (χ1) is 12.8. The van der Waals surface area contributed by atoms with Crippen molar-refractivity contribution >= 4 is 11.0 Å². The molecular formula is C19H25N5O2. The van der Waals surface area contributed by atoms with Crippen molar-refractivity contribution in [3.05, 3.63) is 59.6 Å². The number of hydrogen-bond acceptors (Lipinski definition) is 7. The zero-order chi connectivity index (χ0) is 18.2. The average Bonchev–Trinajstić information content (AvgIpc) is 3.27. The van der Waals surface area contributed by atoms with Gasteiger partial charge in [-0.3, -0.25) is 9.97 Å². The van der Waals surface area contributed by atoms with Crippen LogP contribution in [0, 0.1) is 0 Å². The molecule has 0 bridgehead atoms. The van der Waals surface area contributed by atoms with Gasteiger partial charge in [0.1, 0.15) is 0 Å². The minimum Gasteiger partial charge on any atom is -0.503 e. The molecular weight excluding hydrogens is 330 g/mol. The fourth-order valence-electron chi connectivity index (χ4n) is 2.79. The fraction of sp³-hybridized carbons (Fsp3) is 0.368. The molecule has 7 heteroatoms. The van der Waals surface area contributed by atoms with Crippen molar-refractivity contribution in [2.45, 2.75) is 19.4 Å². The smallest absolute Gasteiger partial charge is 0.180 e. The zero-order valence-electron chi connectivity index (χ0n) is 15.0. The van der Waals surface area contributed by atoms with E-state index in [0.29, 0.717) is 24.5 Å². The molecule has 2 aliphatic rings. The number of ether oxygens (including phenoxy) is 1. The van der Waals surface area contributed by atoms with E-state index in [0.717, 1.165) is 16.6 Å². The van der Waals surface area contributed by atoms with Crippen molar-refractivity contribution in [1.29, 1.82) is 0 Å². The van der Waals surface area contributed by atoms with Crippen molar-refractivity contribution in [3.63, 3.8) is 0 Å². The number of rotatable bonds is 4. The van der Waals surface area contributed by atoms with Gasteiger partial charge in [0.2, 0.25) is 0 Å². The number of dihydropyridines is 1. The van der Waals surface area contributed by atoms with E-state index in [2.05, 4.69) is 25.9 Å². The van der Waals surface area contributed by atoms with Gasteiger partial charge in [-0.15, -0.1) is 0 Å². The largest absolute Gasteiger partial charge is 0.503 e. The van der Waals surface area contributed by atoms with Crippen LogP contribution in [0.4, 0.5) is 0 Å². The summed E-state index contributed by atoms with van der Waals surface area (Å²) in [7, 11) is 1.54. The van der Waals surface area contributed by atoms with E-state index in [-0.39, 0.29) is 5.76 Å². The first-order valence-corrected chi connectivity index (χ1v) is 8.82. The average molecular weight is 355 g/mol. The molecule has 2 aliphatic heterocycles. The molecule has 3 heterocycles. The Kier molecular flexibility index (Phi) is 6.27. The summed E-state index contributed by atoms with van der Waals surface area (Å²) >= 11 is 0. The quantitative estimate of drug-likeness (QED) is 0.666. The van der Waals surface area contributed by atoms with Crippen molar-refractivity contribution in [1.82, 2.24) is 25.9 Å². The maximum Gasteiger partial charge on any atom is 0.180 e. The highest BCUT2D eigenvalue weighted by atomic mass is 16.5. The lowest BCUT2D eigenvalue weighted by molar-refractivity contribution is 0.244. The number of methoxy groups -OCH3 is 1. The number of benzene rings is 1. The molecule has 1 saturated heterocycles. The summed E-state index contributed by atoms with van der Waals surface area (Å²) in [6.45, 7) is 3.56. The second kappa shape index (κ2) is 9.05. The highest BCUT2D eigenvalue weighted by molar-refractivity contribution is 5.74. The van der Waals surface area contributed by atoms with Gasteiger partial charge in [-0.25, -0.2) is 0 Å². The molecule has 0 amide bonds. The van der Waals surface area contributed by atoms with Crippen LogP contribution in [0.2, 0.25) is 0 Å². The standard InChI is InChI=1S/C15H16N4O2.C4H9N/c1-21-14-9-16-8-13(15(14)20)19-7-10-2-3-11-12(6-10)18-5-4-17-11;1-2-4-5-3-1/h2-6,8,16,19-20H,7,9H2,1H3;5H,1-4H2. The van der Waals surface area contributed by atoms with Crippen LogP contribution in [0.1, 0.15) is 18.4 Å². The van der Waals surface area contributed by atoms with Gasteiger partial charge in [0, 0.05) is 25.1 Å². The molecule has 7 nitrogen and oxygen atoms in total. The van der Waals surface area contributed by atoms with E-state index in [1.807, 2.05) is 18.2 Å². The Bertz CT molecular complexity index is 792. The Morgan fingerprint density at radius 3 is 2.62 bits per heavy atom. The van der Waals surface area contributed by atoms with Crippen molar-refractivity contribution < 1.29 is 9.84 Å². The van der Waals surface area contributed by atoms with Crippen LogP contribution in [0.15, 0.2) is 54.0 Å². The molecule has 2 aromatic rings. The molecule has 1 fully saturated rings. The van der Waals surface area contributed by atoms with E-state index < -0.39 is 0 Å². The number of aliphatic hydroxyl groups is 1. The number of aliphatic hydroxyl groups excluding tert-OH is 1. The first kappa shape index (κ1) is 18.0. The van der Waals surface area contributed by atoms with E-state index in [1.54, 1.807) is 18.6 Å². The minimum atomic E-state index is 0.136. The lowest BCUT2D eigenvalue weighted by atomic mass is 10.2. The second-order valence-corrected chi connectivity index (χ2v) is 6.10. The Morgan fingerprint density at radius 2 is 1.92 bits per heavy atom. The Labute approximate surface area is 153 Å². The summed E-state index contributed by atoms with van der Waals surface area (Å²) in [5.41, 5.74) is 3.38. The summed E-state index contributed by atoms with van der Waals surface area (Å²) in [6, 6.07) is 5.89. The number of hydrogen-bond donors (Lipinski definition) is 4. The van der Waals surface area contributed by atoms with Crippen LogP contribution in [0.3, 0.4) is 0 Å². The Hall–Kier alpha value is -2.80. The van der Waals surface area contributed by atoms with Crippen molar-refractivity contribution in [2.75, 3.05) is 26.7 Å². The van der Waals surface area contributed by atoms with E-state index >= 15 is 0 Å². The molecule has 0 atom stereocenters. The summed E-state index contributed by atoms with van der Waals surface area (Å²) in [6.07, 6.45) is 7.86. The van der Waals surface area contributed by atoms with Crippen LogP contribution < -0.4 is 16.0 Å². The molecule has 26 heavy (non-hydrogen) atoms. The van der Waals surface area contributed by atoms with Crippen LogP contribution in [0.5, 0.6) is 0 Å². The third kappa shape index (κ3) is 4.64. The van der Waals surface area contributed by atoms with Gasteiger partial charge < -0.3 is 25.8 Å². The summed E-state index contributed by atoms with van der Waals surface area (Å²) in [5, 5.41) is 19.5. The molecule has 4 rings (SSSR count). The summed E-state index contributed by atoms with van der Waals surface area (Å²) in [4.78, 5) is 8.52. The van der Waals surface area contributed by atoms with Crippen LogP contribution >= 0.6 is 0 Å². The van der Waals surface area contributed by atoms with Crippen LogP contribution in [-0.2, 0) is 11.3 Å². The second-order valence-electron chi connectivity index (χ2n) is 6.10. The molecule has 0 saturated carbocycles. The van der Waals surface area contributed by atoms with Gasteiger partial charge in [-0.05, 0) is 43.6 Å². The minimum absolute atomic E-state index is 0.136. The molecule has 0 unspecified atom stereocenters. The third-order valence-corrected chi connectivity index (χ3v) is 4.25. The predicted molar refractivity (Wildman–Crippen MR) is 101 cm³/mol. The van der Waals surface area contributed by atoms with Crippen LogP contribution in [0.25, 0.3) is 11.0 Å². The first-order valence-electron chi connectivity index (χ1n) is 8.82. The lowest BCUT2D eigenvalue weighted by Crippen LogP contribution is -2.26. The van der Waals surface area contributed by atoms with Crippen molar-refractivity contribution in [2.24, 2.45) is 0 Å². The topological polar surface area (TPSA) is 91.3 Å². The highest BCUT2D eigenvalue weighted by Crippen LogP contribution is 2.15. The number of aromatic nitrogens is 2. The fourth-order valence-corrected chi connectivity index (χ4v) is 2.79. The van der Waals surface area contributed by atoms with Crippen molar-refractivity contribution in [3.8, 4) is 0 Å². The molecule has 138 valence electrons. The molecule has 0 aliphatic carbocycles. The highest BCUT2D eigenvalue weighted by Gasteiger charge is 2.15. The molecule has 1 aromatic carbocycles. The van der Waals surface area contributed by atoms with Crippen LogP contribution in [-0.4, -0.2) is 41.8 Å². The SMILES string of the molecule is C1CCNC1.COC1=C(O)C(NCc2ccc3nccnc3c2)=CNC1. The number of nitrogens with one attached hydrogen (secondary N) is 3. The maximum absolute atomic E-state index is 10.0. The number of nitrogens with zero attached hydrogens (tertiary/aromatic N) is 2. The molecule has 0 spiro atoms. The van der Waals surface area contributed by atoms with E-state index in [9.17, 15) is 5.11 Å². The van der Waals surface area contributed by atoms with Gasteiger partial charge in [0.15, 0.2) is 11.5 Å². The predicted octanol–water partition coefficient (Wildman–Crippen LogP) is 1.95. The summed E-state index contributed by atoms with van der Waals surface area (Å²) < 4.78 is 5.11. The van der Waals surface area contributed by atoms with E-state index in [4.69, 9.17) is 4.74 Å². The van der Waals surface area contributed by atoms with Gasteiger partial charge >= 0.3 is 0 Å². The Morgan fingerprint density at radius 1 is 1.15 bits per heavy atom. The van der Waals surface area contributed by atoms with Gasteiger partial charge in [-0.2, -0.15) is 0 Å². The molecule has 0 radical (unpaired) electrons. The normalized spacial score (nSPS) is 16.4. The molecule has 4 N–H and O–H groups in total. The summed E-state index contributed by atoms with van der Waals surface area (Å²) in [5.74, 6) is 0.654. The van der Waals surface area contributed by atoms with Gasteiger partial charge in [0.25, 0.3) is 0 Å². The molecule has 1 aromatic heterocycles. The maximum atomic E-state index is 10.0. The monoisotopic (exact) mass is 355 g/mol.